The number of nitrogens with zero attached hydrogens (tertiary/aromatic N) is 1. The number of ether oxygens (including phenoxy) is 1. The van der Waals surface area contributed by atoms with Crippen LogP contribution in [-0.4, -0.2) is 30.7 Å². The summed E-state index contributed by atoms with van der Waals surface area (Å²) in [5.41, 5.74) is -1.45. The molecule has 1 aromatic heterocycles. The number of pyridine rings is 1. The molecule has 8 heteroatoms. The van der Waals surface area contributed by atoms with Crippen LogP contribution in [0.25, 0.3) is 10.9 Å². The van der Waals surface area contributed by atoms with E-state index in [1.54, 1.807) is 11.5 Å². The number of methoxy groups -OCH3 is 1. The summed E-state index contributed by atoms with van der Waals surface area (Å²) in [6.45, 7) is 2.94. The first-order chi connectivity index (χ1) is 11.8. The number of amides is 1. The number of aryl methyl sites for hydroxylation is 1. The molecule has 0 bridgehead atoms. The van der Waals surface area contributed by atoms with E-state index in [2.05, 4.69) is 5.32 Å². The molecule has 0 atom stereocenters. The topological polar surface area (TPSA) is 60.3 Å². The summed E-state index contributed by atoms with van der Waals surface area (Å²) in [6.07, 6.45) is -2.62. The Labute approximate surface area is 142 Å². The molecule has 0 aliphatic rings. The van der Waals surface area contributed by atoms with Crippen LogP contribution in [0.2, 0.25) is 0 Å². The molecule has 0 aliphatic heterocycles. The second kappa shape index (κ2) is 7.69. The Morgan fingerprint density at radius 3 is 2.64 bits per heavy atom. The molecule has 0 saturated heterocycles. The lowest BCUT2D eigenvalue weighted by Gasteiger charge is -2.14. The zero-order valence-electron chi connectivity index (χ0n) is 13.9. The molecular weight excluding hydrogens is 337 g/mol. The van der Waals surface area contributed by atoms with Gasteiger partial charge in [0.2, 0.25) is 5.43 Å². The SMILES string of the molecule is CCn1cc(C(=O)NCCCOC)c(=O)c2cc(C(F)(F)F)ccc21. The van der Waals surface area contributed by atoms with Gasteiger partial charge in [-0.3, -0.25) is 9.59 Å². The third kappa shape index (κ3) is 4.19. The van der Waals surface area contributed by atoms with E-state index in [4.69, 9.17) is 4.74 Å². The van der Waals surface area contributed by atoms with Gasteiger partial charge in [-0.2, -0.15) is 13.2 Å². The van der Waals surface area contributed by atoms with Gasteiger partial charge in [0.25, 0.3) is 5.91 Å². The van der Waals surface area contributed by atoms with E-state index in [1.165, 1.54) is 19.4 Å². The largest absolute Gasteiger partial charge is 0.416 e. The lowest BCUT2D eigenvalue weighted by atomic mass is 10.1. The predicted molar refractivity (Wildman–Crippen MR) is 87.7 cm³/mol. The maximum Gasteiger partial charge on any atom is 0.416 e. The molecule has 0 aliphatic carbocycles. The Balaban J connectivity index is 2.49. The summed E-state index contributed by atoms with van der Waals surface area (Å²) in [5.74, 6) is -0.609. The number of alkyl halides is 3. The van der Waals surface area contributed by atoms with Gasteiger partial charge in [-0.15, -0.1) is 0 Å². The minimum atomic E-state index is -4.56. The summed E-state index contributed by atoms with van der Waals surface area (Å²) in [5, 5.41) is 2.46. The van der Waals surface area contributed by atoms with Crippen molar-refractivity contribution in [2.75, 3.05) is 20.3 Å². The minimum absolute atomic E-state index is 0.124. The smallest absolute Gasteiger partial charge is 0.385 e. The fraction of sp³-hybridized carbons (Fsp3) is 0.412. The highest BCUT2D eigenvalue weighted by Crippen LogP contribution is 2.30. The average Bonchev–Trinajstić information content (AvgIpc) is 2.58. The Morgan fingerprint density at radius 2 is 2.04 bits per heavy atom. The van der Waals surface area contributed by atoms with Gasteiger partial charge in [-0.25, -0.2) is 0 Å². The van der Waals surface area contributed by atoms with Crippen LogP contribution in [-0.2, 0) is 17.5 Å². The third-order valence-electron chi connectivity index (χ3n) is 3.80. The molecule has 0 spiro atoms. The Bertz CT molecular complexity index is 828. The zero-order valence-corrected chi connectivity index (χ0v) is 13.9. The molecule has 1 aromatic carbocycles. The molecule has 0 saturated carbocycles. The number of carbonyl (C=O) groups is 1. The summed E-state index contributed by atoms with van der Waals surface area (Å²) in [6, 6.07) is 2.98. The number of hydrogen-bond acceptors (Lipinski definition) is 3. The van der Waals surface area contributed by atoms with Crippen molar-refractivity contribution in [2.45, 2.75) is 26.1 Å². The normalized spacial score (nSPS) is 11.7. The molecule has 25 heavy (non-hydrogen) atoms. The van der Waals surface area contributed by atoms with Gasteiger partial charge in [0.05, 0.1) is 11.1 Å². The lowest BCUT2D eigenvalue weighted by Crippen LogP contribution is -2.31. The van der Waals surface area contributed by atoms with E-state index >= 15 is 0 Å². The van der Waals surface area contributed by atoms with Gasteiger partial charge < -0.3 is 14.6 Å². The number of aromatic nitrogens is 1. The molecular formula is C17H19F3N2O3. The van der Waals surface area contributed by atoms with Crippen molar-refractivity contribution >= 4 is 16.8 Å². The van der Waals surface area contributed by atoms with E-state index in [9.17, 15) is 22.8 Å². The van der Waals surface area contributed by atoms with Crippen LogP contribution < -0.4 is 10.7 Å². The van der Waals surface area contributed by atoms with Gasteiger partial charge in [0, 0.05) is 38.4 Å². The molecule has 0 fully saturated rings. The Kier molecular flexibility index (Phi) is 5.84. The van der Waals surface area contributed by atoms with E-state index < -0.39 is 23.1 Å². The van der Waals surface area contributed by atoms with Crippen LogP contribution in [0.4, 0.5) is 13.2 Å². The zero-order chi connectivity index (χ0) is 18.6. The van der Waals surface area contributed by atoms with Crippen molar-refractivity contribution in [2.24, 2.45) is 0 Å². The number of rotatable bonds is 6. The average molecular weight is 356 g/mol. The fourth-order valence-electron chi connectivity index (χ4n) is 2.51. The van der Waals surface area contributed by atoms with Crippen molar-refractivity contribution in [1.29, 1.82) is 0 Å². The second-order valence-corrected chi connectivity index (χ2v) is 5.49. The van der Waals surface area contributed by atoms with Crippen molar-refractivity contribution in [1.82, 2.24) is 9.88 Å². The van der Waals surface area contributed by atoms with Gasteiger partial charge in [0.15, 0.2) is 0 Å². The predicted octanol–water partition coefficient (Wildman–Crippen LogP) is 2.81. The van der Waals surface area contributed by atoms with Crippen molar-refractivity contribution < 1.29 is 22.7 Å². The van der Waals surface area contributed by atoms with Crippen molar-refractivity contribution in [3.63, 3.8) is 0 Å². The number of fused-ring (bicyclic) bond motifs is 1. The molecule has 1 amide bonds. The van der Waals surface area contributed by atoms with E-state index in [-0.39, 0.29) is 10.9 Å². The summed E-state index contributed by atoms with van der Waals surface area (Å²) in [7, 11) is 1.53. The summed E-state index contributed by atoms with van der Waals surface area (Å²) >= 11 is 0. The maximum absolute atomic E-state index is 12.9. The van der Waals surface area contributed by atoms with Crippen molar-refractivity contribution in [3.05, 3.63) is 45.7 Å². The van der Waals surface area contributed by atoms with Crippen LogP contribution in [0, 0.1) is 0 Å². The van der Waals surface area contributed by atoms with Gasteiger partial charge >= 0.3 is 6.18 Å². The lowest BCUT2D eigenvalue weighted by molar-refractivity contribution is -0.137. The summed E-state index contributed by atoms with van der Waals surface area (Å²) in [4.78, 5) is 24.8. The van der Waals surface area contributed by atoms with E-state index in [0.29, 0.717) is 31.6 Å². The first-order valence-corrected chi connectivity index (χ1v) is 7.81. The number of halogens is 3. The molecule has 136 valence electrons. The molecule has 0 radical (unpaired) electrons. The van der Waals surface area contributed by atoms with Crippen molar-refractivity contribution in [3.8, 4) is 0 Å². The van der Waals surface area contributed by atoms with Gasteiger partial charge in [-0.05, 0) is 31.5 Å². The standard InChI is InChI=1S/C17H19F3N2O3/c1-3-22-10-13(16(24)21-7-4-8-25-2)15(23)12-9-11(17(18,19)20)5-6-14(12)22/h5-6,9-10H,3-4,7-8H2,1-2H3,(H,21,24). The van der Waals surface area contributed by atoms with Gasteiger partial charge in [0.1, 0.15) is 5.56 Å². The molecule has 2 aromatic rings. The Morgan fingerprint density at radius 1 is 1.32 bits per heavy atom. The fourth-order valence-corrected chi connectivity index (χ4v) is 2.51. The van der Waals surface area contributed by atoms with E-state index in [0.717, 1.165) is 12.1 Å². The molecule has 1 heterocycles. The maximum atomic E-state index is 12.9. The third-order valence-corrected chi connectivity index (χ3v) is 3.80. The van der Waals surface area contributed by atoms with Gasteiger partial charge in [-0.1, -0.05) is 0 Å². The molecule has 0 unspecified atom stereocenters. The number of hydrogen-bond donors (Lipinski definition) is 1. The van der Waals surface area contributed by atoms with Crippen LogP contribution in [0.15, 0.2) is 29.2 Å². The minimum Gasteiger partial charge on any atom is -0.385 e. The van der Waals surface area contributed by atoms with Crippen LogP contribution in [0.1, 0.15) is 29.3 Å². The Hall–Kier alpha value is -2.35. The summed E-state index contributed by atoms with van der Waals surface area (Å²) < 4.78 is 45.2. The first-order valence-electron chi connectivity index (χ1n) is 7.81. The quantitative estimate of drug-likeness (QED) is 0.810. The molecule has 5 nitrogen and oxygen atoms in total. The van der Waals surface area contributed by atoms with Crippen LogP contribution in [0.5, 0.6) is 0 Å². The highest BCUT2D eigenvalue weighted by atomic mass is 19.4. The second-order valence-electron chi connectivity index (χ2n) is 5.49. The van der Waals surface area contributed by atoms with E-state index in [1.807, 2.05) is 0 Å². The number of benzene rings is 1. The number of nitrogens with one attached hydrogen (secondary N) is 1. The highest BCUT2D eigenvalue weighted by Gasteiger charge is 2.31. The first kappa shape index (κ1) is 19.0. The van der Waals surface area contributed by atoms with Crippen LogP contribution >= 0.6 is 0 Å². The van der Waals surface area contributed by atoms with Crippen LogP contribution in [0.3, 0.4) is 0 Å². The monoisotopic (exact) mass is 356 g/mol. The molecule has 1 N–H and O–H groups in total. The highest BCUT2D eigenvalue weighted by molar-refractivity contribution is 5.97. The number of carbonyl (C=O) groups excluding carboxylic acids is 1. The molecule has 2 rings (SSSR count).